The minimum absolute atomic E-state index is 0.0626. The molecule has 0 aromatic heterocycles. The standard InChI is InChI=1S/C8H8F2O3S/c1-13-5-3-6(9)8(7(10)4-5)14(2,11)12/h3-4H,1-2H3. The minimum Gasteiger partial charge on any atom is -0.497 e. The van der Waals surface area contributed by atoms with Crippen molar-refractivity contribution in [2.45, 2.75) is 4.90 Å². The Bertz CT molecular complexity index is 431. The molecule has 14 heavy (non-hydrogen) atoms. The Morgan fingerprint density at radius 2 is 1.64 bits per heavy atom. The Hall–Kier alpha value is -1.17. The molecule has 0 bridgehead atoms. The molecule has 1 rings (SSSR count). The second-order valence-electron chi connectivity index (χ2n) is 2.69. The lowest BCUT2D eigenvalue weighted by molar-refractivity contribution is 0.402. The average Bonchev–Trinajstić information content (AvgIpc) is 1.99. The normalized spacial score (nSPS) is 11.4. The molecule has 6 heteroatoms. The summed E-state index contributed by atoms with van der Waals surface area (Å²) in [6.07, 6.45) is 0.737. The van der Waals surface area contributed by atoms with E-state index in [0.717, 1.165) is 18.4 Å². The molecule has 0 spiro atoms. The van der Waals surface area contributed by atoms with Crippen LogP contribution in [0.25, 0.3) is 0 Å². The fourth-order valence-corrected chi connectivity index (χ4v) is 1.84. The highest BCUT2D eigenvalue weighted by Crippen LogP contribution is 2.23. The zero-order valence-electron chi connectivity index (χ0n) is 7.54. The van der Waals surface area contributed by atoms with Crippen molar-refractivity contribution in [3.05, 3.63) is 23.8 Å². The zero-order valence-corrected chi connectivity index (χ0v) is 8.36. The van der Waals surface area contributed by atoms with Gasteiger partial charge in [0.2, 0.25) is 0 Å². The molecule has 1 aromatic rings. The molecule has 0 fully saturated rings. The lowest BCUT2D eigenvalue weighted by Gasteiger charge is -2.05. The number of benzene rings is 1. The molecular formula is C8H8F2O3S. The lowest BCUT2D eigenvalue weighted by atomic mass is 10.3. The van der Waals surface area contributed by atoms with Crippen LogP contribution in [0.15, 0.2) is 17.0 Å². The summed E-state index contributed by atoms with van der Waals surface area (Å²) in [5, 5.41) is 0. The van der Waals surface area contributed by atoms with Crippen LogP contribution in [-0.2, 0) is 9.84 Å². The van der Waals surface area contributed by atoms with E-state index < -0.39 is 26.4 Å². The monoisotopic (exact) mass is 222 g/mol. The maximum Gasteiger partial charge on any atom is 0.181 e. The number of hydrogen-bond acceptors (Lipinski definition) is 3. The van der Waals surface area contributed by atoms with Crippen molar-refractivity contribution in [3.63, 3.8) is 0 Å². The summed E-state index contributed by atoms with van der Waals surface area (Å²) in [5.74, 6) is -2.36. The third-order valence-electron chi connectivity index (χ3n) is 1.58. The predicted molar refractivity (Wildman–Crippen MR) is 46.0 cm³/mol. The van der Waals surface area contributed by atoms with Crippen LogP contribution in [0.4, 0.5) is 8.78 Å². The first-order valence-corrected chi connectivity index (χ1v) is 5.48. The highest BCUT2D eigenvalue weighted by molar-refractivity contribution is 7.90. The van der Waals surface area contributed by atoms with Gasteiger partial charge in [0.25, 0.3) is 0 Å². The van der Waals surface area contributed by atoms with Crippen molar-refractivity contribution in [1.82, 2.24) is 0 Å². The van der Waals surface area contributed by atoms with Crippen molar-refractivity contribution in [2.24, 2.45) is 0 Å². The molecule has 0 amide bonds. The van der Waals surface area contributed by atoms with Crippen molar-refractivity contribution < 1.29 is 21.9 Å². The highest BCUT2D eigenvalue weighted by atomic mass is 32.2. The van der Waals surface area contributed by atoms with E-state index >= 15 is 0 Å². The van der Waals surface area contributed by atoms with Gasteiger partial charge in [0, 0.05) is 18.4 Å². The molecule has 0 unspecified atom stereocenters. The summed E-state index contributed by atoms with van der Waals surface area (Å²) in [4.78, 5) is -0.932. The average molecular weight is 222 g/mol. The molecule has 78 valence electrons. The first kappa shape index (κ1) is 10.9. The maximum absolute atomic E-state index is 13.1. The van der Waals surface area contributed by atoms with Gasteiger partial charge in [0.15, 0.2) is 9.84 Å². The van der Waals surface area contributed by atoms with Gasteiger partial charge in [-0.25, -0.2) is 17.2 Å². The van der Waals surface area contributed by atoms with Gasteiger partial charge in [0.05, 0.1) is 7.11 Å². The Balaban J connectivity index is 3.48. The third kappa shape index (κ3) is 2.01. The SMILES string of the molecule is COc1cc(F)c(S(C)(=O)=O)c(F)c1. The van der Waals surface area contributed by atoms with Crippen LogP contribution >= 0.6 is 0 Å². The van der Waals surface area contributed by atoms with E-state index in [1.807, 2.05) is 0 Å². The molecule has 3 nitrogen and oxygen atoms in total. The quantitative estimate of drug-likeness (QED) is 0.759. The first-order chi connectivity index (χ1) is 6.36. The van der Waals surface area contributed by atoms with Gasteiger partial charge >= 0.3 is 0 Å². The molecule has 1 aromatic carbocycles. The fraction of sp³-hybridized carbons (Fsp3) is 0.250. The number of rotatable bonds is 2. The topological polar surface area (TPSA) is 43.4 Å². The smallest absolute Gasteiger partial charge is 0.181 e. The Kier molecular flexibility index (Phi) is 2.75. The van der Waals surface area contributed by atoms with Crippen LogP contribution in [0.1, 0.15) is 0 Å². The van der Waals surface area contributed by atoms with E-state index in [0.29, 0.717) is 0 Å². The summed E-state index contributed by atoms with van der Waals surface area (Å²) in [6.45, 7) is 0. The molecular weight excluding hydrogens is 214 g/mol. The van der Waals surface area contributed by atoms with Gasteiger partial charge < -0.3 is 4.74 Å². The van der Waals surface area contributed by atoms with Gasteiger partial charge in [-0.15, -0.1) is 0 Å². The van der Waals surface area contributed by atoms with Crippen LogP contribution in [0.2, 0.25) is 0 Å². The number of ether oxygens (including phenoxy) is 1. The van der Waals surface area contributed by atoms with E-state index in [2.05, 4.69) is 4.74 Å². The van der Waals surface area contributed by atoms with Crippen molar-refractivity contribution in [2.75, 3.05) is 13.4 Å². The van der Waals surface area contributed by atoms with Gasteiger partial charge in [0.1, 0.15) is 22.3 Å². The van der Waals surface area contributed by atoms with Crippen LogP contribution in [0.3, 0.4) is 0 Å². The van der Waals surface area contributed by atoms with E-state index in [1.54, 1.807) is 0 Å². The van der Waals surface area contributed by atoms with Gasteiger partial charge in [-0.2, -0.15) is 0 Å². The van der Waals surface area contributed by atoms with E-state index in [4.69, 9.17) is 0 Å². The number of methoxy groups -OCH3 is 1. The summed E-state index contributed by atoms with van der Waals surface area (Å²) in [7, 11) is -2.66. The molecule has 0 saturated heterocycles. The summed E-state index contributed by atoms with van der Waals surface area (Å²) >= 11 is 0. The van der Waals surface area contributed by atoms with Crippen molar-refractivity contribution >= 4 is 9.84 Å². The third-order valence-corrected chi connectivity index (χ3v) is 2.71. The second kappa shape index (κ2) is 3.53. The van der Waals surface area contributed by atoms with Gasteiger partial charge in [-0.3, -0.25) is 0 Å². The van der Waals surface area contributed by atoms with Crippen molar-refractivity contribution in [1.29, 1.82) is 0 Å². The van der Waals surface area contributed by atoms with Crippen LogP contribution in [-0.4, -0.2) is 21.8 Å². The molecule has 0 aliphatic rings. The molecule has 0 N–H and O–H groups in total. The van der Waals surface area contributed by atoms with Crippen LogP contribution < -0.4 is 4.74 Å². The van der Waals surface area contributed by atoms with Gasteiger partial charge in [-0.1, -0.05) is 0 Å². The number of sulfone groups is 1. The van der Waals surface area contributed by atoms with E-state index in [-0.39, 0.29) is 5.75 Å². The zero-order chi connectivity index (χ0) is 10.9. The highest BCUT2D eigenvalue weighted by Gasteiger charge is 2.20. The summed E-state index contributed by atoms with van der Waals surface area (Å²) in [5.41, 5.74) is 0. The lowest BCUT2D eigenvalue weighted by Crippen LogP contribution is -2.04. The maximum atomic E-state index is 13.1. The molecule has 0 heterocycles. The Morgan fingerprint density at radius 3 is 1.93 bits per heavy atom. The molecule has 0 aliphatic heterocycles. The van der Waals surface area contributed by atoms with Crippen LogP contribution in [0, 0.1) is 11.6 Å². The second-order valence-corrected chi connectivity index (χ2v) is 4.64. The van der Waals surface area contributed by atoms with E-state index in [9.17, 15) is 17.2 Å². The number of hydrogen-bond donors (Lipinski definition) is 0. The molecule has 0 radical (unpaired) electrons. The fourth-order valence-electron chi connectivity index (χ4n) is 1.01. The predicted octanol–water partition coefficient (Wildman–Crippen LogP) is 1.38. The largest absolute Gasteiger partial charge is 0.497 e. The summed E-state index contributed by atoms with van der Waals surface area (Å²) < 4.78 is 52.7. The van der Waals surface area contributed by atoms with E-state index in [1.165, 1.54) is 7.11 Å². The summed E-state index contributed by atoms with van der Waals surface area (Å²) in [6, 6.07) is 1.64. The Labute approximate surface area is 80.2 Å². The molecule has 0 aliphatic carbocycles. The van der Waals surface area contributed by atoms with Crippen molar-refractivity contribution in [3.8, 4) is 5.75 Å². The number of halogens is 2. The minimum atomic E-state index is -3.89. The van der Waals surface area contributed by atoms with Crippen LogP contribution in [0.5, 0.6) is 5.75 Å². The first-order valence-electron chi connectivity index (χ1n) is 3.59. The molecule has 0 saturated carbocycles. The molecule has 0 atom stereocenters. The Morgan fingerprint density at radius 1 is 1.21 bits per heavy atom. The van der Waals surface area contributed by atoms with Gasteiger partial charge in [-0.05, 0) is 0 Å².